The van der Waals surface area contributed by atoms with Crippen molar-refractivity contribution in [3.8, 4) is 0 Å². The average molecular weight is 392 g/mol. The van der Waals surface area contributed by atoms with Gasteiger partial charge < -0.3 is 0 Å². The van der Waals surface area contributed by atoms with Gasteiger partial charge in [0.05, 0.1) is 17.4 Å². The highest BCUT2D eigenvalue weighted by Gasteiger charge is 2.51. The summed E-state index contributed by atoms with van der Waals surface area (Å²) in [6.45, 7) is 0. The smallest absolute Gasteiger partial charge is 0.293 e. The van der Waals surface area contributed by atoms with Crippen LogP contribution in [-0.2, 0) is 6.18 Å². The molecule has 2 aliphatic rings. The number of carbonyl (C=O) groups is 2. The molecule has 0 heterocycles. The van der Waals surface area contributed by atoms with Gasteiger partial charge in [-0.25, -0.2) is 0 Å². The van der Waals surface area contributed by atoms with Gasteiger partial charge in [-0.05, 0) is 28.8 Å². The fourth-order valence-electron chi connectivity index (χ4n) is 4.79. The molecule has 5 heteroatoms. The minimum absolute atomic E-state index is 0.0957. The second-order valence-electron chi connectivity index (χ2n) is 7.50. The first-order chi connectivity index (χ1) is 13.9. The zero-order chi connectivity index (χ0) is 20.3. The SMILES string of the molecule is O=C1c2ccccc2C2C(=O)c3ccccc3C1C2c1ccc(C(F)(F)F)cc1. The number of hydrogen-bond acceptors (Lipinski definition) is 2. The number of Topliss-reactive ketones (excluding diaryl/α,β-unsaturated/α-hetero) is 2. The van der Waals surface area contributed by atoms with E-state index in [0.717, 1.165) is 12.1 Å². The van der Waals surface area contributed by atoms with Crippen LogP contribution in [0.1, 0.15) is 60.7 Å². The van der Waals surface area contributed by atoms with Gasteiger partial charge in [-0.3, -0.25) is 9.59 Å². The van der Waals surface area contributed by atoms with Crippen LogP contribution in [0.25, 0.3) is 0 Å². The lowest BCUT2D eigenvalue weighted by atomic mass is 9.57. The van der Waals surface area contributed by atoms with Crippen LogP contribution in [-0.4, -0.2) is 11.6 Å². The molecule has 0 aromatic heterocycles. The lowest BCUT2D eigenvalue weighted by Gasteiger charge is -2.43. The highest BCUT2D eigenvalue weighted by molar-refractivity contribution is 6.15. The third-order valence-corrected chi connectivity index (χ3v) is 6.03. The highest BCUT2D eigenvalue weighted by Crippen LogP contribution is 2.55. The Morgan fingerprint density at radius 2 is 1.07 bits per heavy atom. The van der Waals surface area contributed by atoms with E-state index in [1.165, 1.54) is 12.1 Å². The first kappa shape index (κ1) is 17.9. The maximum atomic E-state index is 13.4. The third kappa shape index (κ3) is 2.57. The van der Waals surface area contributed by atoms with E-state index >= 15 is 0 Å². The Hall–Kier alpha value is -3.21. The van der Waals surface area contributed by atoms with E-state index in [1.807, 2.05) is 0 Å². The van der Waals surface area contributed by atoms with Gasteiger partial charge in [-0.15, -0.1) is 0 Å². The van der Waals surface area contributed by atoms with Crippen LogP contribution in [0.15, 0.2) is 72.8 Å². The van der Waals surface area contributed by atoms with Crippen LogP contribution in [0.2, 0.25) is 0 Å². The summed E-state index contributed by atoms with van der Waals surface area (Å²) in [5, 5.41) is 0. The molecule has 3 aromatic carbocycles. The first-order valence-electron chi connectivity index (χ1n) is 9.31. The van der Waals surface area contributed by atoms with Crippen LogP contribution >= 0.6 is 0 Å². The Morgan fingerprint density at radius 3 is 1.52 bits per heavy atom. The van der Waals surface area contributed by atoms with Crippen molar-refractivity contribution in [2.45, 2.75) is 23.9 Å². The van der Waals surface area contributed by atoms with Crippen molar-refractivity contribution >= 4 is 11.6 Å². The summed E-state index contributed by atoms with van der Waals surface area (Å²) >= 11 is 0. The molecular formula is C24H15F3O2. The molecule has 0 spiro atoms. The molecule has 2 nitrogen and oxygen atoms in total. The van der Waals surface area contributed by atoms with E-state index in [4.69, 9.17) is 0 Å². The average Bonchev–Trinajstić information content (AvgIpc) is 2.72. The van der Waals surface area contributed by atoms with Crippen molar-refractivity contribution < 1.29 is 22.8 Å². The molecule has 5 rings (SSSR count). The summed E-state index contributed by atoms with van der Waals surface area (Å²) < 4.78 is 39.0. The second-order valence-corrected chi connectivity index (χ2v) is 7.50. The third-order valence-electron chi connectivity index (χ3n) is 6.03. The fraction of sp³-hybridized carbons (Fsp3) is 0.167. The fourth-order valence-corrected chi connectivity index (χ4v) is 4.79. The minimum atomic E-state index is -4.44. The van der Waals surface area contributed by atoms with Gasteiger partial charge in [-0.1, -0.05) is 60.7 Å². The Kier molecular flexibility index (Phi) is 3.78. The number of rotatable bonds is 1. The predicted molar refractivity (Wildman–Crippen MR) is 101 cm³/mol. The molecule has 2 unspecified atom stereocenters. The monoisotopic (exact) mass is 392 g/mol. The number of carbonyl (C=O) groups excluding carboxylic acids is 2. The molecule has 3 aromatic rings. The molecule has 2 bridgehead atoms. The number of ketones is 2. The molecule has 0 aliphatic heterocycles. The van der Waals surface area contributed by atoms with Gasteiger partial charge in [0.15, 0.2) is 11.6 Å². The van der Waals surface area contributed by atoms with Gasteiger partial charge in [0.25, 0.3) is 0 Å². The molecule has 2 aliphatic carbocycles. The molecule has 0 radical (unpaired) electrons. The Labute approximate surface area is 165 Å². The lowest BCUT2D eigenvalue weighted by Crippen LogP contribution is -2.40. The Balaban J connectivity index is 1.74. The minimum Gasteiger partial charge on any atom is -0.293 e. The second kappa shape index (κ2) is 6.14. The van der Waals surface area contributed by atoms with Crippen molar-refractivity contribution in [2.24, 2.45) is 0 Å². The van der Waals surface area contributed by atoms with Crippen molar-refractivity contribution in [1.82, 2.24) is 0 Å². The summed E-state index contributed by atoms with van der Waals surface area (Å²) in [5.41, 5.74) is 2.16. The van der Waals surface area contributed by atoms with Crippen LogP contribution in [0.4, 0.5) is 13.2 Å². The first-order valence-corrected chi connectivity index (χ1v) is 9.31. The highest BCUT2D eigenvalue weighted by atomic mass is 19.4. The normalized spacial score (nSPS) is 22.8. The zero-order valence-electron chi connectivity index (χ0n) is 15.1. The topological polar surface area (TPSA) is 34.1 Å². The van der Waals surface area contributed by atoms with Crippen LogP contribution in [0.5, 0.6) is 0 Å². The molecule has 0 saturated carbocycles. The molecule has 2 atom stereocenters. The van der Waals surface area contributed by atoms with E-state index in [2.05, 4.69) is 0 Å². The maximum Gasteiger partial charge on any atom is 0.416 e. The van der Waals surface area contributed by atoms with Crippen molar-refractivity contribution in [1.29, 1.82) is 0 Å². The number of halogens is 3. The van der Waals surface area contributed by atoms with Gasteiger partial charge in [0, 0.05) is 17.0 Å². The molecule has 0 N–H and O–H groups in total. The standard InChI is InChI=1S/C24H15F3O2/c25-24(26,27)14-11-9-13(10-12-14)19-20-15-5-1-3-7-17(15)22(28)21(19)16-6-2-4-8-18(16)23(20)29/h1-12,19-21H. The van der Waals surface area contributed by atoms with Gasteiger partial charge in [-0.2, -0.15) is 13.2 Å². The van der Waals surface area contributed by atoms with E-state index in [1.54, 1.807) is 48.5 Å². The number of fused-ring (bicyclic) bond motifs is 6. The van der Waals surface area contributed by atoms with E-state index in [9.17, 15) is 22.8 Å². The number of benzene rings is 3. The van der Waals surface area contributed by atoms with E-state index < -0.39 is 29.5 Å². The summed E-state index contributed by atoms with van der Waals surface area (Å²) in [5.74, 6) is -1.91. The van der Waals surface area contributed by atoms with Gasteiger partial charge >= 0.3 is 6.18 Å². The molecule has 144 valence electrons. The van der Waals surface area contributed by atoms with Crippen LogP contribution < -0.4 is 0 Å². The Morgan fingerprint density at radius 1 is 0.621 bits per heavy atom. The summed E-state index contributed by atoms with van der Waals surface area (Å²) in [4.78, 5) is 26.8. The molecule has 0 saturated heterocycles. The number of alkyl halides is 3. The zero-order valence-corrected chi connectivity index (χ0v) is 15.1. The summed E-state index contributed by atoms with van der Waals surface area (Å²) in [7, 11) is 0. The quantitative estimate of drug-likeness (QED) is 0.529. The van der Waals surface area contributed by atoms with Crippen LogP contribution in [0, 0.1) is 0 Å². The largest absolute Gasteiger partial charge is 0.416 e. The molecule has 0 amide bonds. The number of hydrogen-bond donors (Lipinski definition) is 0. The molecule has 0 fully saturated rings. The lowest BCUT2D eigenvalue weighted by molar-refractivity contribution is -0.137. The molecular weight excluding hydrogens is 377 g/mol. The van der Waals surface area contributed by atoms with E-state index in [0.29, 0.717) is 27.8 Å². The van der Waals surface area contributed by atoms with Gasteiger partial charge in [0.1, 0.15) is 0 Å². The summed E-state index contributed by atoms with van der Waals surface area (Å²) in [6.07, 6.45) is -4.44. The maximum absolute atomic E-state index is 13.4. The summed E-state index contributed by atoms with van der Waals surface area (Å²) in [6, 6.07) is 18.9. The Bertz CT molecular complexity index is 1080. The van der Waals surface area contributed by atoms with Crippen molar-refractivity contribution in [2.75, 3.05) is 0 Å². The molecule has 29 heavy (non-hydrogen) atoms. The van der Waals surface area contributed by atoms with Gasteiger partial charge in [0.2, 0.25) is 0 Å². The van der Waals surface area contributed by atoms with Crippen LogP contribution in [0.3, 0.4) is 0 Å². The predicted octanol–water partition coefficient (Wildman–Crippen LogP) is 5.75. The van der Waals surface area contributed by atoms with Crippen molar-refractivity contribution in [3.63, 3.8) is 0 Å². The van der Waals surface area contributed by atoms with Crippen molar-refractivity contribution in [3.05, 3.63) is 106 Å². The van der Waals surface area contributed by atoms with E-state index in [-0.39, 0.29) is 11.6 Å².